The lowest BCUT2D eigenvalue weighted by molar-refractivity contribution is -0.126. The van der Waals surface area contributed by atoms with E-state index in [2.05, 4.69) is 30.2 Å². The third-order valence-corrected chi connectivity index (χ3v) is 4.80. The Kier molecular flexibility index (Phi) is 4.51. The van der Waals surface area contributed by atoms with Crippen LogP contribution in [0.1, 0.15) is 31.6 Å². The first kappa shape index (κ1) is 16.5. The van der Waals surface area contributed by atoms with E-state index in [0.29, 0.717) is 12.5 Å². The average Bonchev–Trinajstić information content (AvgIpc) is 3.13. The molecule has 26 heavy (non-hydrogen) atoms. The van der Waals surface area contributed by atoms with Crippen molar-refractivity contribution < 1.29 is 4.79 Å². The lowest BCUT2D eigenvalue weighted by atomic mass is 9.97. The molecular weight excluding hydrogens is 328 g/mol. The molecule has 0 saturated carbocycles. The highest BCUT2D eigenvalue weighted by Gasteiger charge is 2.28. The highest BCUT2D eigenvalue weighted by atomic mass is 16.2. The quantitative estimate of drug-likeness (QED) is 0.755. The topological polar surface area (TPSA) is 86.8 Å². The molecule has 3 aromatic rings. The van der Waals surface area contributed by atoms with E-state index in [1.807, 2.05) is 31.2 Å². The van der Waals surface area contributed by atoms with Crippen molar-refractivity contribution in [2.24, 2.45) is 5.92 Å². The van der Waals surface area contributed by atoms with Crippen molar-refractivity contribution in [3.63, 3.8) is 0 Å². The van der Waals surface area contributed by atoms with Gasteiger partial charge >= 0.3 is 0 Å². The molecule has 1 fully saturated rings. The van der Waals surface area contributed by atoms with Gasteiger partial charge in [-0.25, -0.2) is 15.0 Å². The smallest absolute Gasteiger partial charge is 0.225 e. The van der Waals surface area contributed by atoms with E-state index in [0.717, 1.165) is 36.2 Å². The van der Waals surface area contributed by atoms with Crippen LogP contribution in [0.2, 0.25) is 0 Å². The van der Waals surface area contributed by atoms with Crippen LogP contribution in [0, 0.1) is 5.92 Å². The fourth-order valence-corrected chi connectivity index (χ4v) is 3.40. The van der Waals surface area contributed by atoms with Gasteiger partial charge in [0.05, 0.1) is 23.0 Å². The van der Waals surface area contributed by atoms with E-state index < -0.39 is 0 Å². The van der Waals surface area contributed by atoms with Gasteiger partial charge in [0.25, 0.3) is 0 Å². The zero-order valence-electron chi connectivity index (χ0n) is 14.7. The summed E-state index contributed by atoms with van der Waals surface area (Å²) in [6, 6.07) is 9.50. The Morgan fingerprint density at radius 2 is 2.08 bits per heavy atom. The molecule has 1 aliphatic rings. The standard InChI is InChI=1S/C19H22N6O/c1-13(17-23-15-7-2-3-8-16(15)24-17)22-18(26)14-6-4-11-25(12-14)19-20-9-5-10-21-19/h2-3,5,7-10,13-14H,4,6,11-12H2,1H3,(H,22,26)(H,23,24)/t13-,14+/m0/s1. The number of imidazole rings is 1. The molecule has 1 aliphatic heterocycles. The molecule has 134 valence electrons. The summed E-state index contributed by atoms with van der Waals surface area (Å²) < 4.78 is 0. The van der Waals surface area contributed by atoms with Crippen molar-refractivity contribution in [3.05, 3.63) is 48.5 Å². The van der Waals surface area contributed by atoms with Crippen LogP contribution in [0.25, 0.3) is 11.0 Å². The Morgan fingerprint density at radius 1 is 1.27 bits per heavy atom. The molecule has 0 radical (unpaired) electrons. The second kappa shape index (κ2) is 7.11. The van der Waals surface area contributed by atoms with Crippen molar-refractivity contribution in [1.82, 2.24) is 25.3 Å². The summed E-state index contributed by atoms with van der Waals surface area (Å²) in [4.78, 5) is 31.3. The lowest BCUT2D eigenvalue weighted by Gasteiger charge is -2.32. The van der Waals surface area contributed by atoms with Gasteiger partial charge in [-0.05, 0) is 38.0 Å². The third-order valence-electron chi connectivity index (χ3n) is 4.80. The molecule has 2 atom stereocenters. The third kappa shape index (κ3) is 3.37. The molecule has 1 aromatic carbocycles. The Bertz CT molecular complexity index is 860. The second-order valence-corrected chi connectivity index (χ2v) is 6.70. The number of piperidine rings is 1. The number of anilines is 1. The van der Waals surface area contributed by atoms with Gasteiger partial charge in [-0.3, -0.25) is 4.79 Å². The molecule has 7 nitrogen and oxygen atoms in total. The molecule has 3 heterocycles. The number of benzene rings is 1. The number of amides is 1. The summed E-state index contributed by atoms with van der Waals surface area (Å²) in [5.74, 6) is 1.45. The molecule has 0 bridgehead atoms. The molecule has 1 saturated heterocycles. The predicted molar refractivity (Wildman–Crippen MR) is 99.6 cm³/mol. The van der Waals surface area contributed by atoms with Crippen molar-refractivity contribution in [1.29, 1.82) is 0 Å². The molecule has 0 aliphatic carbocycles. The van der Waals surface area contributed by atoms with Crippen LogP contribution >= 0.6 is 0 Å². The van der Waals surface area contributed by atoms with E-state index in [-0.39, 0.29) is 17.9 Å². The van der Waals surface area contributed by atoms with Gasteiger partial charge in [0.1, 0.15) is 5.82 Å². The van der Waals surface area contributed by atoms with E-state index in [1.54, 1.807) is 18.5 Å². The van der Waals surface area contributed by atoms with Crippen LogP contribution in [0.15, 0.2) is 42.7 Å². The first-order valence-corrected chi connectivity index (χ1v) is 8.97. The minimum atomic E-state index is -0.168. The first-order chi connectivity index (χ1) is 12.7. The number of hydrogen-bond acceptors (Lipinski definition) is 5. The number of carbonyl (C=O) groups is 1. The maximum atomic E-state index is 12.8. The van der Waals surface area contributed by atoms with Crippen LogP contribution < -0.4 is 10.2 Å². The monoisotopic (exact) mass is 350 g/mol. The highest BCUT2D eigenvalue weighted by molar-refractivity contribution is 5.80. The number of hydrogen-bond donors (Lipinski definition) is 2. The Hall–Kier alpha value is -2.96. The molecule has 7 heteroatoms. The van der Waals surface area contributed by atoms with Gasteiger partial charge in [0.2, 0.25) is 11.9 Å². The number of H-pyrrole nitrogens is 1. The SMILES string of the molecule is C[C@H](NC(=O)[C@@H]1CCCN(c2ncccn2)C1)c1nc2ccccc2[nH]1. The first-order valence-electron chi connectivity index (χ1n) is 8.97. The maximum absolute atomic E-state index is 12.8. The fraction of sp³-hybridized carbons (Fsp3) is 0.368. The number of aromatic amines is 1. The van der Waals surface area contributed by atoms with Gasteiger partial charge in [0.15, 0.2) is 0 Å². The minimum Gasteiger partial charge on any atom is -0.346 e. The highest BCUT2D eigenvalue weighted by Crippen LogP contribution is 2.22. The number of aromatic nitrogens is 4. The van der Waals surface area contributed by atoms with E-state index in [4.69, 9.17) is 0 Å². The van der Waals surface area contributed by atoms with Crippen molar-refractivity contribution >= 4 is 22.9 Å². The molecule has 2 aromatic heterocycles. The molecule has 0 unspecified atom stereocenters. The number of rotatable bonds is 4. The number of fused-ring (bicyclic) bond motifs is 1. The number of nitrogens with zero attached hydrogens (tertiary/aromatic N) is 4. The summed E-state index contributed by atoms with van der Waals surface area (Å²) in [6.07, 6.45) is 5.29. The fourth-order valence-electron chi connectivity index (χ4n) is 3.40. The van der Waals surface area contributed by atoms with Gasteiger partial charge in [-0.2, -0.15) is 0 Å². The largest absolute Gasteiger partial charge is 0.346 e. The van der Waals surface area contributed by atoms with Crippen LogP contribution in [0.4, 0.5) is 5.95 Å². The van der Waals surface area contributed by atoms with Gasteiger partial charge in [-0.1, -0.05) is 12.1 Å². The zero-order chi connectivity index (χ0) is 17.9. The number of para-hydroxylation sites is 2. The van der Waals surface area contributed by atoms with Crippen molar-refractivity contribution in [2.45, 2.75) is 25.8 Å². The lowest BCUT2D eigenvalue weighted by Crippen LogP contribution is -2.44. The van der Waals surface area contributed by atoms with E-state index >= 15 is 0 Å². The zero-order valence-corrected chi connectivity index (χ0v) is 14.7. The second-order valence-electron chi connectivity index (χ2n) is 6.70. The van der Waals surface area contributed by atoms with Gasteiger partial charge in [-0.15, -0.1) is 0 Å². The van der Waals surface area contributed by atoms with Crippen LogP contribution in [-0.2, 0) is 4.79 Å². The van der Waals surface area contributed by atoms with Crippen molar-refractivity contribution in [3.8, 4) is 0 Å². The molecule has 0 spiro atoms. The van der Waals surface area contributed by atoms with Crippen molar-refractivity contribution in [2.75, 3.05) is 18.0 Å². The Labute approximate surface area is 151 Å². The summed E-state index contributed by atoms with van der Waals surface area (Å²) in [7, 11) is 0. The summed E-state index contributed by atoms with van der Waals surface area (Å²) in [6.45, 7) is 3.48. The van der Waals surface area contributed by atoms with E-state index in [9.17, 15) is 4.79 Å². The van der Waals surface area contributed by atoms with Gasteiger partial charge < -0.3 is 15.2 Å². The molecular formula is C19H22N6O. The Balaban J connectivity index is 1.42. The molecule has 4 rings (SSSR count). The van der Waals surface area contributed by atoms with Crippen LogP contribution in [0.5, 0.6) is 0 Å². The number of nitrogens with one attached hydrogen (secondary N) is 2. The normalized spacial score (nSPS) is 18.7. The van der Waals surface area contributed by atoms with Crippen LogP contribution in [-0.4, -0.2) is 38.9 Å². The predicted octanol–water partition coefficient (Wildman–Crippen LogP) is 2.45. The summed E-state index contributed by atoms with van der Waals surface area (Å²) in [5.41, 5.74) is 1.89. The molecule has 2 N–H and O–H groups in total. The average molecular weight is 350 g/mol. The summed E-state index contributed by atoms with van der Waals surface area (Å²) in [5, 5.41) is 3.10. The maximum Gasteiger partial charge on any atom is 0.225 e. The Morgan fingerprint density at radius 3 is 2.88 bits per heavy atom. The summed E-state index contributed by atoms with van der Waals surface area (Å²) >= 11 is 0. The van der Waals surface area contributed by atoms with Gasteiger partial charge in [0, 0.05) is 25.5 Å². The van der Waals surface area contributed by atoms with E-state index in [1.165, 1.54) is 0 Å². The number of carbonyl (C=O) groups excluding carboxylic acids is 1. The molecule has 1 amide bonds. The minimum absolute atomic E-state index is 0.0542. The van der Waals surface area contributed by atoms with Crippen LogP contribution in [0.3, 0.4) is 0 Å².